The van der Waals surface area contributed by atoms with E-state index >= 15 is 0 Å². The highest BCUT2D eigenvalue weighted by atomic mass is 79.9. The van der Waals surface area contributed by atoms with Gasteiger partial charge in [0.05, 0.1) is 12.2 Å². The van der Waals surface area contributed by atoms with Crippen molar-refractivity contribution >= 4 is 50.2 Å². The molecule has 0 aliphatic carbocycles. The van der Waals surface area contributed by atoms with Crippen LogP contribution in [-0.4, -0.2) is 18.5 Å². The minimum absolute atomic E-state index is 0.163. The number of halogens is 1. The molecule has 1 N–H and O–H groups in total. The van der Waals surface area contributed by atoms with Crippen LogP contribution in [0.25, 0.3) is 6.08 Å². The SMILES string of the molecule is CCOC(=O)c1cc(C(C)C)sc1NC(=O)C(C#N)=Cc1ccc(COc2ccc(Br)cc2)o1. The highest BCUT2D eigenvalue weighted by Gasteiger charge is 2.21. The summed E-state index contributed by atoms with van der Waals surface area (Å²) in [4.78, 5) is 26.0. The summed E-state index contributed by atoms with van der Waals surface area (Å²) in [6.07, 6.45) is 1.35. The Morgan fingerprint density at radius 3 is 2.62 bits per heavy atom. The summed E-state index contributed by atoms with van der Waals surface area (Å²) in [5.74, 6) is 0.551. The van der Waals surface area contributed by atoms with Crippen LogP contribution in [-0.2, 0) is 16.1 Å². The zero-order valence-electron chi connectivity index (χ0n) is 18.9. The first-order chi connectivity index (χ1) is 16.3. The Hall–Kier alpha value is -3.35. The Morgan fingerprint density at radius 2 is 1.97 bits per heavy atom. The van der Waals surface area contributed by atoms with Crippen molar-refractivity contribution in [3.8, 4) is 11.8 Å². The normalized spacial score (nSPS) is 11.2. The van der Waals surface area contributed by atoms with Gasteiger partial charge < -0.3 is 19.2 Å². The molecular formula is C25H23BrN2O5S. The molecule has 2 aromatic heterocycles. The molecule has 1 aromatic carbocycles. The van der Waals surface area contributed by atoms with Crippen molar-refractivity contribution in [1.29, 1.82) is 5.26 Å². The summed E-state index contributed by atoms with van der Waals surface area (Å²) >= 11 is 4.65. The Balaban J connectivity index is 1.72. The van der Waals surface area contributed by atoms with E-state index in [9.17, 15) is 14.9 Å². The first-order valence-corrected chi connectivity index (χ1v) is 12.1. The highest BCUT2D eigenvalue weighted by Crippen LogP contribution is 2.33. The van der Waals surface area contributed by atoms with E-state index in [1.54, 1.807) is 25.1 Å². The molecule has 176 valence electrons. The summed E-state index contributed by atoms with van der Waals surface area (Å²) in [6.45, 7) is 6.10. The van der Waals surface area contributed by atoms with E-state index in [2.05, 4.69) is 21.2 Å². The lowest BCUT2D eigenvalue weighted by Crippen LogP contribution is -2.15. The molecule has 0 radical (unpaired) electrons. The van der Waals surface area contributed by atoms with Gasteiger partial charge in [-0.3, -0.25) is 4.79 Å². The first-order valence-electron chi connectivity index (χ1n) is 10.5. The van der Waals surface area contributed by atoms with Crippen molar-refractivity contribution in [2.24, 2.45) is 0 Å². The van der Waals surface area contributed by atoms with Crippen molar-refractivity contribution in [3.05, 3.63) is 74.5 Å². The number of amides is 1. The van der Waals surface area contributed by atoms with E-state index in [1.807, 2.05) is 44.2 Å². The molecule has 7 nitrogen and oxygen atoms in total. The molecule has 0 bridgehead atoms. The van der Waals surface area contributed by atoms with Gasteiger partial charge >= 0.3 is 5.97 Å². The monoisotopic (exact) mass is 542 g/mol. The number of nitrogens with zero attached hydrogens (tertiary/aromatic N) is 1. The average molecular weight is 543 g/mol. The molecule has 0 unspecified atom stereocenters. The van der Waals surface area contributed by atoms with Crippen LogP contribution in [0.5, 0.6) is 5.75 Å². The van der Waals surface area contributed by atoms with Gasteiger partial charge in [0, 0.05) is 15.4 Å². The summed E-state index contributed by atoms with van der Waals surface area (Å²) < 4.78 is 17.4. The molecule has 0 saturated heterocycles. The van der Waals surface area contributed by atoms with E-state index in [4.69, 9.17) is 13.9 Å². The fourth-order valence-corrected chi connectivity index (χ4v) is 4.15. The lowest BCUT2D eigenvalue weighted by molar-refractivity contribution is -0.112. The summed E-state index contributed by atoms with van der Waals surface area (Å²) in [5, 5.41) is 12.6. The number of nitrogens with one attached hydrogen (secondary N) is 1. The first kappa shape index (κ1) is 25.3. The van der Waals surface area contributed by atoms with Crippen LogP contribution in [0.4, 0.5) is 5.00 Å². The predicted molar refractivity (Wildman–Crippen MR) is 134 cm³/mol. The van der Waals surface area contributed by atoms with Crippen LogP contribution >= 0.6 is 27.3 Å². The van der Waals surface area contributed by atoms with Crippen molar-refractivity contribution in [3.63, 3.8) is 0 Å². The van der Waals surface area contributed by atoms with Crippen molar-refractivity contribution in [1.82, 2.24) is 0 Å². The van der Waals surface area contributed by atoms with E-state index in [1.165, 1.54) is 17.4 Å². The number of nitriles is 1. The number of benzene rings is 1. The molecule has 0 aliphatic rings. The minimum Gasteiger partial charge on any atom is -0.486 e. The van der Waals surface area contributed by atoms with Crippen LogP contribution in [0.3, 0.4) is 0 Å². The molecule has 0 aliphatic heterocycles. The number of ether oxygens (including phenoxy) is 2. The van der Waals surface area contributed by atoms with E-state index in [-0.39, 0.29) is 30.3 Å². The van der Waals surface area contributed by atoms with Gasteiger partial charge in [-0.2, -0.15) is 5.26 Å². The quantitative estimate of drug-likeness (QED) is 0.187. The van der Waals surface area contributed by atoms with Crippen LogP contribution < -0.4 is 10.1 Å². The van der Waals surface area contributed by atoms with Gasteiger partial charge in [-0.05, 0) is 55.3 Å². The van der Waals surface area contributed by atoms with Crippen molar-refractivity contribution < 1.29 is 23.5 Å². The molecule has 0 atom stereocenters. The van der Waals surface area contributed by atoms with Gasteiger partial charge in [-0.25, -0.2) is 4.79 Å². The number of rotatable bonds is 9. The van der Waals surface area contributed by atoms with E-state index in [0.717, 1.165) is 9.35 Å². The molecule has 3 aromatic rings. The molecule has 9 heteroatoms. The maximum absolute atomic E-state index is 12.8. The van der Waals surface area contributed by atoms with E-state index in [0.29, 0.717) is 22.3 Å². The number of carbonyl (C=O) groups is 2. The third kappa shape index (κ3) is 6.59. The number of thiophene rings is 1. The molecule has 0 saturated carbocycles. The average Bonchev–Trinajstić information content (AvgIpc) is 3.44. The number of furan rings is 1. The zero-order chi connectivity index (χ0) is 24.7. The maximum atomic E-state index is 12.8. The Bertz CT molecular complexity index is 1230. The third-order valence-corrected chi connectivity index (χ3v) is 6.45. The summed E-state index contributed by atoms with van der Waals surface area (Å²) in [7, 11) is 0. The molecule has 1 amide bonds. The number of hydrogen-bond donors (Lipinski definition) is 1. The predicted octanol–water partition coefficient (Wildman–Crippen LogP) is 6.53. The van der Waals surface area contributed by atoms with Crippen LogP contribution in [0, 0.1) is 11.3 Å². The van der Waals surface area contributed by atoms with E-state index < -0.39 is 11.9 Å². The number of carbonyl (C=O) groups excluding carboxylic acids is 2. The number of esters is 1. The molecule has 0 fully saturated rings. The van der Waals surface area contributed by atoms with Gasteiger partial charge in [-0.15, -0.1) is 11.3 Å². The smallest absolute Gasteiger partial charge is 0.341 e. The molecular weight excluding hydrogens is 520 g/mol. The lowest BCUT2D eigenvalue weighted by Gasteiger charge is -2.05. The fourth-order valence-electron chi connectivity index (χ4n) is 2.84. The van der Waals surface area contributed by atoms with Gasteiger partial charge in [0.15, 0.2) is 0 Å². The fraction of sp³-hybridized carbons (Fsp3) is 0.240. The van der Waals surface area contributed by atoms with Crippen molar-refractivity contribution in [2.45, 2.75) is 33.3 Å². The molecule has 2 heterocycles. The van der Waals surface area contributed by atoms with Gasteiger partial charge in [0.25, 0.3) is 5.91 Å². The summed E-state index contributed by atoms with van der Waals surface area (Å²) in [5.41, 5.74) is 0.107. The molecule has 34 heavy (non-hydrogen) atoms. The molecule has 0 spiro atoms. The number of hydrogen-bond acceptors (Lipinski definition) is 7. The largest absolute Gasteiger partial charge is 0.486 e. The highest BCUT2D eigenvalue weighted by molar-refractivity contribution is 9.10. The van der Waals surface area contributed by atoms with Gasteiger partial charge in [0.1, 0.15) is 40.5 Å². The van der Waals surface area contributed by atoms with Gasteiger partial charge in [-0.1, -0.05) is 29.8 Å². The standard InChI is InChI=1S/C25H23BrN2O5S/c1-4-31-25(30)21-12-22(15(2)3)34-24(21)28-23(29)16(13-27)11-19-9-10-20(33-19)14-32-18-7-5-17(26)6-8-18/h5-12,15H,4,14H2,1-3H3,(H,28,29). The van der Waals surface area contributed by atoms with Crippen LogP contribution in [0.1, 0.15) is 53.4 Å². The minimum atomic E-state index is -0.644. The molecule has 3 rings (SSSR count). The van der Waals surface area contributed by atoms with Crippen LogP contribution in [0.2, 0.25) is 0 Å². The topological polar surface area (TPSA) is 102 Å². The second-order valence-electron chi connectivity index (χ2n) is 7.44. The lowest BCUT2D eigenvalue weighted by atomic mass is 10.1. The zero-order valence-corrected chi connectivity index (χ0v) is 21.3. The Morgan fingerprint density at radius 1 is 1.24 bits per heavy atom. The second-order valence-corrected chi connectivity index (χ2v) is 9.44. The van der Waals surface area contributed by atoms with Crippen molar-refractivity contribution in [2.75, 3.05) is 11.9 Å². The Kier molecular flexibility index (Phi) is 8.68. The second kappa shape index (κ2) is 11.7. The van der Waals surface area contributed by atoms with Gasteiger partial charge in [0.2, 0.25) is 0 Å². The number of anilines is 1. The maximum Gasteiger partial charge on any atom is 0.341 e. The Labute approximate surface area is 210 Å². The van der Waals surface area contributed by atoms with Crippen LogP contribution in [0.15, 0.2) is 56.9 Å². The summed E-state index contributed by atoms with van der Waals surface area (Å²) in [6, 6.07) is 14.4. The third-order valence-electron chi connectivity index (χ3n) is 4.57.